The van der Waals surface area contributed by atoms with Gasteiger partial charge in [-0.3, -0.25) is 9.59 Å². The van der Waals surface area contributed by atoms with E-state index in [0.29, 0.717) is 13.1 Å². The van der Waals surface area contributed by atoms with Crippen molar-refractivity contribution in [2.75, 3.05) is 6.54 Å². The van der Waals surface area contributed by atoms with E-state index >= 15 is 0 Å². The third kappa shape index (κ3) is 3.35. The van der Waals surface area contributed by atoms with Crippen LogP contribution >= 0.6 is 0 Å². The molecule has 0 fully saturated rings. The molecule has 132 valence electrons. The van der Waals surface area contributed by atoms with Gasteiger partial charge in [-0.25, -0.2) is 4.39 Å². The summed E-state index contributed by atoms with van der Waals surface area (Å²) in [5.74, 6) is -1.12. The number of hydrogen-bond acceptors (Lipinski definition) is 4. The molecule has 0 saturated heterocycles. The number of carbonyl (C=O) groups excluding carboxylic acids is 1. The van der Waals surface area contributed by atoms with Crippen LogP contribution in [0.4, 0.5) is 4.39 Å². The van der Waals surface area contributed by atoms with Crippen LogP contribution in [0.5, 0.6) is 11.6 Å². The van der Waals surface area contributed by atoms with Crippen molar-refractivity contribution in [2.45, 2.75) is 33.0 Å². The maximum atomic E-state index is 13.0. The Balaban J connectivity index is 1.95. The number of rotatable bonds is 4. The van der Waals surface area contributed by atoms with E-state index in [1.54, 1.807) is 12.1 Å². The number of aromatic nitrogens is 1. The quantitative estimate of drug-likeness (QED) is 0.921. The first-order valence-electron chi connectivity index (χ1n) is 8.04. The van der Waals surface area contributed by atoms with Crippen molar-refractivity contribution in [3.05, 3.63) is 57.6 Å². The average molecular weight is 346 g/mol. The van der Waals surface area contributed by atoms with Gasteiger partial charge >= 0.3 is 0 Å². The Labute approximate surface area is 144 Å². The van der Waals surface area contributed by atoms with Crippen molar-refractivity contribution in [1.29, 1.82) is 0 Å². The van der Waals surface area contributed by atoms with Crippen LogP contribution < -0.4 is 10.2 Å². The first-order chi connectivity index (χ1) is 11.9. The molecular weight excluding hydrogens is 327 g/mol. The minimum Gasteiger partial charge on any atom is -0.503 e. The van der Waals surface area contributed by atoms with Crippen LogP contribution in [0, 0.1) is 5.82 Å². The monoisotopic (exact) mass is 346 g/mol. The Morgan fingerprint density at radius 1 is 1.20 bits per heavy atom. The summed E-state index contributed by atoms with van der Waals surface area (Å²) in [7, 11) is 0. The number of ether oxygens (including phenoxy) is 1. The highest BCUT2D eigenvalue weighted by molar-refractivity contribution is 5.96. The van der Waals surface area contributed by atoms with Gasteiger partial charge in [-0.1, -0.05) is 12.1 Å². The first kappa shape index (κ1) is 17.0. The van der Waals surface area contributed by atoms with Crippen molar-refractivity contribution in [1.82, 2.24) is 9.47 Å². The van der Waals surface area contributed by atoms with E-state index in [2.05, 4.69) is 0 Å². The van der Waals surface area contributed by atoms with E-state index in [1.807, 2.05) is 13.8 Å². The summed E-state index contributed by atoms with van der Waals surface area (Å²) in [6, 6.07) is 7.05. The van der Waals surface area contributed by atoms with Crippen LogP contribution in [0.3, 0.4) is 0 Å². The van der Waals surface area contributed by atoms with Gasteiger partial charge in [0.1, 0.15) is 5.82 Å². The third-order valence-electron chi connectivity index (χ3n) is 3.97. The highest BCUT2D eigenvalue weighted by Crippen LogP contribution is 2.26. The smallest absolute Gasteiger partial charge is 0.274 e. The molecule has 0 aliphatic carbocycles. The predicted molar refractivity (Wildman–Crippen MR) is 89.3 cm³/mol. The topological polar surface area (TPSA) is 71.8 Å². The van der Waals surface area contributed by atoms with Crippen LogP contribution in [0.15, 0.2) is 35.1 Å². The van der Waals surface area contributed by atoms with Crippen LogP contribution in [-0.4, -0.2) is 33.1 Å². The lowest BCUT2D eigenvalue weighted by Gasteiger charge is -2.31. The molecule has 0 atom stereocenters. The zero-order valence-electron chi connectivity index (χ0n) is 14.0. The lowest BCUT2D eigenvalue weighted by molar-refractivity contribution is 0.0670. The first-order valence-corrected chi connectivity index (χ1v) is 8.04. The van der Waals surface area contributed by atoms with Gasteiger partial charge < -0.3 is 19.3 Å². The van der Waals surface area contributed by atoms with Crippen molar-refractivity contribution >= 4 is 5.91 Å². The number of nitrogens with zero attached hydrogens (tertiary/aromatic N) is 2. The second-order valence-electron chi connectivity index (χ2n) is 6.22. The molecule has 7 heteroatoms. The van der Waals surface area contributed by atoms with Crippen LogP contribution in [0.2, 0.25) is 0 Å². The van der Waals surface area contributed by atoms with Gasteiger partial charge in [0.15, 0.2) is 17.3 Å². The minimum atomic E-state index is -0.654. The number of benzene rings is 1. The van der Waals surface area contributed by atoms with Gasteiger partial charge in [0, 0.05) is 25.7 Å². The summed E-state index contributed by atoms with van der Waals surface area (Å²) in [6.07, 6.45) is -0.173. The summed E-state index contributed by atoms with van der Waals surface area (Å²) in [5, 5.41) is 10.1. The van der Waals surface area contributed by atoms with Gasteiger partial charge in [-0.05, 0) is 31.5 Å². The Bertz CT molecular complexity index is 859. The average Bonchev–Trinajstić information content (AvgIpc) is 2.55. The fourth-order valence-electron chi connectivity index (χ4n) is 2.82. The van der Waals surface area contributed by atoms with Crippen LogP contribution in [-0.2, 0) is 13.1 Å². The summed E-state index contributed by atoms with van der Waals surface area (Å²) < 4.78 is 20.2. The molecule has 1 aliphatic rings. The zero-order valence-corrected chi connectivity index (χ0v) is 14.0. The van der Waals surface area contributed by atoms with E-state index in [9.17, 15) is 19.1 Å². The molecule has 2 aromatic rings. The highest BCUT2D eigenvalue weighted by Gasteiger charge is 2.30. The Morgan fingerprint density at radius 3 is 2.52 bits per heavy atom. The van der Waals surface area contributed by atoms with Gasteiger partial charge in [-0.15, -0.1) is 0 Å². The van der Waals surface area contributed by atoms with E-state index in [-0.39, 0.29) is 30.0 Å². The fraction of sp³-hybridized carbons (Fsp3) is 0.333. The molecule has 0 bridgehead atoms. The number of pyridine rings is 1. The molecule has 3 rings (SSSR count). The SMILES string of the molecule is CC(C)Oc1cc(=O)c(O)c2n1CCN(Cc1ccc(F)cc1)C2=O. The molecular formula is C18H19FN2O4. The molecule has 2 heterocycles. The molecule has 6 nitrogen and oxygen atoms in total. The number of carbonyl (C=O) groups is 1. The number of hydrogen-bond donors (Lipinski definition) is 1. The molecule has 25 heavy (non-hydrogen) atoms. The molecule has 0 saturated carbocycles. The summed E-state index contributed by atoms with van der Waals surface area (Å²) in [6.45, 7) is 4.67. The van der Waals surface area contributed by atoms with Gasteiger partial charge in [-0.2, -0.15) is 0 Å². The number of halogens is 1. The normalized spacial score (nSPS) is 13.9. The maximum absolute atomic E-state index is 13.0. The lowest BCUT2D eigenvalue weighted by atomic mass is 10.1. The van der Waals surface area contributed by atoms with E-state index < -0.39 is 17.1 Å². The van der Waals surface area contributed by atoms with Gasteiger partial charge in [0.25, 0.3) is 5.91 Å². The molecule has 1 amide bonds. The second kappa shape index (κ2) is 6.58. The van der Waals surface area contributed by atoms with E-state index in [0.717, 1.165) is 5.56 Å². The van der Waals surface area contributed by atoms with E-state index in [1.165, 1.54) is 27.7 Å². The molecule has 1 N–H and O–H groups in total. The van der Waals surface area contributed by atoms with E-state index in [4.69, 9.17) is 4.74 Å². The Hall–Kier alpha value is -2.83. The molecule has 0 spiro atoms. The Morgan fingerprint density at radius 2 is 1.88 bits per heavy atom. The predicted octanol–water partition coefficient (Wildman–Crippen LogP) is 2.14. The largest absolute Gasteiger partial charge is 0.503 e. The Kier molecular flexibility index (Phi) is 4.48. The standard InChI is InChI=1S/C18H19FN2O4/c1-11(2)25-15-9-14(22)17(23)16-18(24)20(7-8-21(15)16)10-12-3-5-13(19)6-4-12/h3-6,9,11,23H,7-8,10H2,1-2H3. The minimum absolute atomic E-state index is 0.0727. The van der Waals surface area contributed by atoms with Crippen molar-refractivity contribution in [3.8, 4) is 11.6 Å². The van der Waals surface area contributed by atoms with Crippen molar-refractivity contribution in [3.63, 3.8) is 0 Å². The summed E-state index contributed by atoms with van der Waals surface area (Å²) >= 11 is 0. The third-order valence-corrected chi connectivity index (χ3v) is 3.97. The second-order valence-corrected chi connectivity index (χ2v) is 6.22. The number of amides is 1. The summed E-state index contributed by atoms with van der Waals surface area (Å²) in [5.41, 5.74) is 0.0371. The fourth-order valence-corrected chi connectivity index (χ4v) is 2.82. The van der Waals surface area contributed by atoms with Crippen LogP contribution in [0.1, 0.15) is 29.9 Å². The highest BCUT2D eigenvalue weighted by atomic mass is 19.1. The zero-order chi connectivity index (χ0) is 18.1. The molecule has 0 radical (unpaired) electrons. The molecule has 1 aromatic carbocycles. The van der Waals surface area contributed by atoms with Crippen molar-refractivity contribution in [2.24, 2.45) is 0 Å². The summed E-state index contributed by atoms with van der Waals surface area (Å²) in [4.78, 5) is 26.3. The van der Waals surface area contributed by atoms with Gasteiger partial charge in [0.2, 0.25) is 5.43 Å². The number of fused-ring (bicyclic) bond motifs is 1. The molecule has 1 aromatic heterocycles. The number of aromatic hydroxyl groups is 1. The van der Waals surface area contributed by atoms with Crippen LogP contribution in [0.25, 0.3) is 0 Å². The maximum Gasteiger partial charge on any atom is 0.274 e. The lowest BCUT2D eigenvalue weighted by Crippen LogP contribution is -2.41. The molecule has 1 aliphatic heterocycles. The van der Waals surface area contributed by atoms with Crippen molar-refractivity contribution < 1.29 is 19.0 Å². The van der Waals surface area contributed by atoms with Gasteiger partial charge in [0.05, 0.1) is 6.10 Å². The molecule has 0 unspecified atom stereocenters.